The number of amides is 1. The lowest BCUT2D eigenvalue weighted by Gasteiger charge is -2.16. The molecule has 0 spiro atoms. The number of nitrogens with zero attached hydrogens (tertiary/aromatic N) is 1. The zero-order valence-electron chi connectivity index (χ0n) is 11.0. The fourth-order valence-electron chi connectivity index (χ4n) is 1.15. The van der Waals surface area contributed by atoms with Crippen molar-refractivity contribution in [3.05, 3.63) is 29.8 Å². The Morgan fingerprint density at radius 3 is 2.22 bits per heavy atom. The molecule has 0 bridgehead atoms. The molecule has 0 heterocycles. The molecule has 18 heavy (non-hydrogen) atoms. The maximum atomic E-state index is 11.3. The lowest BCUT2D eigenvalue weighted by Crippen LogP contribution is -2.25. The highest BCUT2D eigenvalue weighted by Crippen LogP contribution is 2.18. The van der Waals surface area contributed by atoms with E-state index >= 15 is 0 Å². The average Bonchev–Trinajstić information content (AvgIpc) is 2.40. The molecule has 1 aromatic rings. The van der Waals surface area contributed by atoms with Crippen LogP contribution in [0.25, 0.3) is 0 Å². The molecule has 2 N–H and O–H groups in total. The number of carbonyl (C=O) groups is 1. The van der Waals surface area contributed by atoms with Gasteiger partial charge < -0.3 is 10.6 Å². The van der Waals surface area contributed by atoms with Crippen molar-refractivity contribution in [2.24, 2.45) is 0 Å². The number of anilines is 1. The van der Waals surface area contributed by atoms with Gasteiger partial charge in [-0.3, -0.25) is 4.79 Å². The molecule has 98 valence electrons. The maximum absolute atomic E-state index is 11.3. The minimum absolute atomic E-state index is 0.152. The highest BCUT2D eigenvalue weighted by molar-refractivity contribution is 6.26. The van der Waals surface area contributed by atoms with Crippen LogP contribution in [-0.2, 0) is 0 Å². The number of nitriles is 1. The summed E-state index contributed by atoms with van der Waals surface area (Å²) >= 11 is 5.83. The smallest absolute Gasteiger partial charge is 0.251 e. The molecule has 0 aliphatic carbocycles. The number of hydrogen-bond donors (Lipinski definition) is 2. The third kappa shape index (κ3) is 5.07. The third-order valence-electron chi connectivity index (χ3n) is 1.96. The monoisotopic (exact) mass is 267 g/mol. The van der Waals surface area contributed by atoms with Crippen LogP contribution in [0.5, 0.6) is 0 Å². The lowest BCUT2D eigenvalue weighted by molar-refractivity contribution is 0.0963. The van der Waals surface area contributed by atoms with Gasteiger partial charge in [-0.15, -0.1) is 0 Å². The van der Waals surface area contributed by atoms with Gasteiger partial charge in [-0.2, -0.15) is 5.26 Å². The van der Waals surface area contributed by atoms with Gasteiger partial charge in [0.1, 0.15) is 6.07 Å². The summed E-state index contributed by atoms with van der Waals surface area (Å²) in [6.45, 7) is 5.56. The standard InChI is InChI=1S/C11H12ClN3O.C2H6/c1-11(12,7-13)15-9-5-3-8(4-6-9)10(16)14-2;1-2/h3-6,15H,1-2H3,(H,14,16);1-2H3. The van der Waals surface area contributed by atoms with Gasteiger partial charge in [0.2, 0.25) is 0 Å². The van der Waals surface area contributed by atoms with Crippen molar-refractivity contribution >= 4 is 23.2 Å². The summed E-state index contributed by atoms with van der Waals surface area (Å²) < 4.78 is 0. The Bertz CT molecular complexity index is 421. The van der Waals surface area contributed by atoms with E-state index in [0.29, 0.717) is 11.3 Å². The number of nitrogens with one attached hydrogen (secondary N) is 2. The fraction of sp³-hybridized carbons (Fsp3) is 0.385. The molecule has 0 fully saturated rings. The first-order valence-corrected chi connectivity index (χ1v) is 6.07. The number of benzene rings is 1. The largest absolute Gasteiger partial charge is 0.355 e. The summed E-state index contributed by atoms with van der Waals surface area (Å²) in [6, 6.07) is 8.62. The topological polar surface area (TPSA) is 64.9 Å². The first-order chi connectivity index (χ1) is 8.48. The summed E-state index contributed by atoms with van der Waals surface area (Å²) in [7, 11) is 1.57. The van der Waals surface area contributed by atoms with E-state index in [2.05, 4.69) is 10.6 Å². The predicted octanol–water partition coefficient (Wildman–Crippen LogP) is 2.96. The normalized spacial score (nSPS) is 12.2. The van der Waals surface area contributed by atoms with Gasteiger partial charge >= 0.3 is 0 Å². The van der Waals surface area contributed by atoms with Crippen LogP contribution in [0.2, 0.25) is 0 Å². The van der Waals surface area contributed by atoms with E-state index in [-0.39, 0.29) is 5.91 Å². The summed E-state index contributed by atoms with van der Waals surface area (Å²) in [5, 5.41) is 14.1. The molecule has 4 nitrogen and oxygen atoms in total. The SMILES string of the molecule is CC.CNC(=O)c1ccc(NC(C)(Cl)C#N)cc1. The van der Waals surface area contributed by atoms with Crippen molar-refractivity contribution < 1.29 is 4.79 Å². The van der Waals surface area contributed by atoms with Gasteiger partial charge in [0.15, 0.2) is 5.00 Å². The van der Waals surface area contributed by atoms with Crippen LogP contribution in [0.1, 0.15) is 31.1 Å². The van der Waals surface area contributed by atoms with Crippen LogP contribution in [0.4, 0.5) is 5.69 Å². The van der Waals surface area contributed by atoms with E-state index in [0.717, 1.165) is 0 Å². The van der Waals surface area contributed by atoms with Crippen LogP contribution < -0.4 is 10.6 Å². The van der Waals surface area contributed by atoms with Crippen LogP contribution in [0.3, 0.4) is 0 Å². The van der Waals surface area contributed by atoms with Crippen molar-refractivity contribution in [1.29, 1.82) is 5.26 Å². The van der Waals surface area contributed by atoms with Crippen LogP contribution in [0, 0.1) is 11.3 Å². The van der Waals surface area contributed by atoms with Gasteiger partial charge in [0.25, 0.3) is 5.91 Å². The Kier molecular flexibility index (Phi) is 6.84. The molecule has 1 amide bonds. The average molecular weight is 268 g/mol. The van der Waals surface area contributed by atoms with Gasteiger partial charge in [0, 0.05) is 18.3 Å². The maximum Gasteiger partial charge on any atom is 0.251 e. The molecule has 1 atom stereocenters. The second kappa shape index (κ2) is 7.57. The quantitative estimate of drug-likeness (QED) is 0.654. The number of carbonyl (C=O) groups excluding carboxylic acids is 1. The van der Waals surface area contributed by atoms with E-state index in [1.165, 1.54) is 0 Å². The molecule has 0 aromatic heterocycles. The highest BCUT2D eigenvalue weighted by Gasteiger charge is 2.18. The molecule has 0 aliphatic rings. The lowest BCUT2D eigenvalue weighted by atomic mass is 10.2. The molecule has 1 aromatic carbocycles. The van der Waals surface area contributed by atoms with Crippen molar-refractivity contribution in [2.45, 2.75) is 25.8 Å². The third-order valence-corrected chi connectivity index (χ3v) is 2.14. The second-order valence-electron chi connectivity index (χ2n) is 3.40. The van der Waals surface area contributed by atoms with Gasteiger partial charge in [-0.25, -0.2) is 0 Å². The van der Waals surface area contributed by atoms with Gasteiger partial charge in [-0.05, 0) is 31.2 Å². The first-order valence-electron chi connectivity index (χ1n) is 5.69. The molecule has 0 saturated heterocycles. The van der Waals surface area contributed by atoms with E-state index in [9.17, 15) is 4.79 Å². The Morgan fingerprint density at radius 1 is 1.33 bits per heavy atom. The Balaban J connectivity index is 0.00000137. The molecule has 1 unspecified atom stereocenters. The summed E-state index contributed by atoms with van der Waals surface area (Å²) in [4.78, 5) is 10.1. The van der Waals surface area contributed by atoms with Crippen LogP contribution in [-0.4, -0.2) is 18.0 Å². The molecule has 5 heteroatoms. The summed E-state index contributed by atoms with van der Waals surface area (Å²) in [5.41, 5.74) is 1.24. The molecule has 0 aliphatic heterocycles. The molecule has 1 rings (SSSR count). The molecular weight excluding hydrogens is 250 g/mol. The summed E-state index contributed by atoms with van der Waals surface area (Å²) in [5.74, 6) is -0.152. The van der Waals surface area contributed by atoms with E-state index in [1.54, 1.807) is 38.2 Å². The predicted molar refractivity (Wildman–Crippen MR) is 74.7 cm³/mol. The van der Waals surface area contributed by atoms with Crippen LogP contribution >= 0.6 is 11.6 Å². The zero-order valence-corrected chi connectivity index (χ0v) is 11.8. The Hall–Kier alpha value is -1.73. The molecular formula is C13H18ClN3O. The minimum Gasteiger partial charge on any atom is -0.355 e. The number of rotatable bonds is 3. The van der Waals surface area contributed by atoms with Crippen molar-refractivity contribution in [3.8, 4) is 6.07 Å². The van der Waals surface area contributed by atoms with Gasteiger partial charge in [-0.1, -0.05) is 25.4 Å². The van der Waals surface area contributed by atoms with Crippen molar-refractivity contribution in [1.82, 2.24) is 5.32 Å². The Morgan fingerprint density at radius 2 is 1.83 bits per heavy atom. The number of alkyl halides is 1. The number of halogens is 1. The highest BCUT2D eigenvalue weighted by atomic mass is 35.5. The second-order valence-corrected chi connectivity index (χ2v) is 4.15. The van der Waals surface area contributed by atoms with E-state index in [1.807, 2.05) is 19.9 Å². The number of hydrogen-bond acceptors (Lipinski definition) is 3. The molecule has 0 saturated carbocycles. The fourth-order valence-corrected chi connectivity index (χ4v) is 1.26. The zero-order chi connectivity index (χ0) is 14.2. The minimum atomic E-state index is -1.14. The summed E-state index contributed by atoms with van der Waals surface area (Å²) in [6.07, 6.45) is 0. The Labute approximate surface area is 113 Å². The van der Waals surface area contributed by atoms with Crippen molar-refractivity contribution in [2.75, 3.05) is 12.4 Å². The van der Waals surface area contributed by atoms with Crippen molar-refractivity contribution in [3.63, 3.8) is 0 Å². The van der Waals surface area contributed by atoms with E-state index < -0.39 is 5.00 Å². The van der Waals surface area contributed by atoms with E-state index in [4.69, 9.17) is 16.9 Å². The first kappa shape index (κ1) is 16.3. The van der Waals surface area contributed by atoms with Crippen LogP contribution in [0.15, 0.2) is 24.3 Å². The molecule has 0 radical (unpaired) electrons. The van der Waals surface area contributed by atoms with Gasteiger partial charge in [0.05, 0.1) is 0 Å².